The van der Waals surface area contributed by atoms with Gasteiger partial charge in [0.1, 0.15) is 0 Å². The fraction of sp³-hybridized carbons (Fsp3) is 0.538. The lowest BCUT2D eigenvalue weighted by Gasteiger charge is -2.23. The molecule has 0 radical (unpaired) electrons. The monoisotopic (exact) mass is 274 g/mol. The number of alkyl halides is 3. The Morgan fingerprint density at radius 1 is 1.37 bits per heavy atom. The Morgan fingerprint density at radius 2 is 2.16 bits per heavy atom. The van der Waals surface area contributed by atoms with Crippen LogP contribution in [0, 0.1) is 5.92 Å². The van der Waals surface area contributed by atoms with Crippen LogP contribution in [0.25, 0.3) is 0 Å². The van der Waals surface area contributed by atoms with Crippen LogP contribution in [0.1, 0.15) is 18.4 Å². The highest BCUT2D eigenvalue weighted by atomic mass is 19.4. The van der Waals surface area contributed by atoms with Crippen molar-refractivity contribution >= 4 is 11.4 Å². The Morgan fingerprint density at radius 3 is 2.74 bits per heavy atom. The highest BCUT2D eigenvalue weighted by Crippen LogP contribution is 2.32. The van der Waals surface area contributed by atoms with Crippen LogP contribution in [0.15, 0.2) is 18.2 Å². The second-order valence-corrected chi connectivity index (χ2v) is 4.76. The molecule has 0 bridgehead atoms. The van der Waals surface area contributed by atoms with Crippen LogP contribution in [-0.4, -0.2) is 19.8 Å². The van der Waals surface area contributed by atoms with Crippen LogP contribution >= 0.6 is 0 Å². The summed E-state index contributed by atoms with van der Waals surface area (Å²) in [7, 11) is 0. The largest absolute Gasteiger partial charge is 0.416 e. The van der Waals surface area contributed by atoms with E-state index in [0.29, 0.717) is 24.8 Å². The lowest BCUT2D eigenvalue weighted by molar-refractivity contribution is -0.137. The SMILES string of the molecule is Nc1cc(C(F)(F)F)ccc1NCC1CCCOC1. The molecule has 0 spiro atoms. The number of nitrogen functional groups attached to an aromatic ring is 1. The van der Waals surface area contributed by atoms with Crippen LogP contribution in [0.4, 0.5) is 24.5 Å². The summed E-state index contributed by atoms with van der Waals surface area (Å²) in [6.45, 7) is 2.14. The molecule has 0 amide bonds. The summed E-state index contributed by atoms with van der Waals surface area (Å²) in [5.74, 6) is 0.385. The summed E-state index contributed by atoms with van der Waals surface area (Å²) >= 11 is 0. The third-order valence-electron chi connectivity index (χ3n) is 3.21. The highest BCUT2D eigenvalue weighted by molar-refractivity contribution is 5.67. The van der Waals surface area contributed by atoms with Crippen molar-refractivity contribution in [2.24, 2.45) is 5.92 Å². The predicted molar refractivity (Wildman–Crippen MR) is 67.9 cm³/mol. The third-order valence-corrected chi connectivity index (χ3v) is 3.21. The number of halogens is 3. The van der Waals surface area contributed by atoms with E-state index in [4.69, 9.17) is 10.5 Å². The van der Waals surface area contributed by atoms with Crippen molar-refractivity contribution in [3.8, 4) is 0 Å². The molecular formula is C13H17F3N2O. The number of nitrogens with two attached hydrogens (primary N) is 1. The second-order valence-electron chi connectivity index (χ2n) is 4.76. The topological polar surface area (TPSA) is 47.3 Å². The van der Waals surface area contributed by atoms with Gasteiger partial charge in [-0.15, -0.1) is 0 Å². The minimum absolute atomic E-state index is 0.117. The van der Waals surface area contributed by atoms with Gasteiger partial charge in [0.05, 0.1) is 23.5 Å². The molecule has 106 valence electrons. The number of nitrogens with one attached hydrogen (secondary N) is 1. The van der Waals surface area contributed by atoms with Crippen LogP contribution < -0.4 is 11.1 Å². The van der Waals surface area contributed by atoms with Gasteiger partial charge >= 0.3 is 6.18 Å². The number of hydrogen-bond donors (Lipinski definition) is 2. The summed E-state index contributed by atoms with van der Waals surface area (Å²) in [6, 6.07) is 3.37. The maximum absolute atomic E-state index is 12.5. The summed E-state index contributed by atoms with van der Waals surface area (Å²) in [5, 5.41) is 3.09. The van der Waals surface area contributed by atoms with Crippen LogP contribution in [-0.2, 0) is 10.9 Å². The van der Waals surface area contributed by atoms with E-state index in [1.54, 1.807) is 0 Å². The first-order valence-electron chi connectivity index (χ1n) is 6.25. The zero-order valence-corrected chi connectivity index (χ0v) is 10.5. The molecule has 19 heavy (non-hydrogen) atoms. The summed E-state index contributed by atoms with van der Waals surface area (Å²) < 4.78 is 42.8. The Balaban J connectivity index is 1.97. The van der Waals surface area contributed by atoms with Crippen molar-refractivity contribution in [2.45, 2.75) is 19.0 Å². The van der Waals surface area contributed by atoms with Crippen molar-refractivity contribution in [2.75, 3.05) is 30.8 Å². The average molecular weight is 274 g/mol. The van der Waals surface area contributed by atoms with Gasteiger partial charge in [0, 0.05) is 13.2 Å². The first-order chi connectivity index (χ1) is 8.97. The fourth-order valence-corrected chi connectivity index (χ4v) is 2.12. The van der Waals surface area contributed by atoms with Crippen molar-refractivity contribution in [1.29, 1.82) is 0 Å². The molecule has 1 heterocycles. The molecule has 1 aliphatic rings. The van der Waals surface area contributed by atoms with Gasteiger partial charge in [-0.1, -0.05) is 0 Å². The van der Waals surface area contributed by atoms with E-state index < -0.39 is 11.7 Å². The molecule has 3 nitrogen and oxygen atoms in total. The van der Waals surface area contributed by atoms with E-state index in [1.807, 2.05) is 0 Å². The zero-order chi connectivity index (χ0) is 13.9. The highest BCUT2D eigenvalue weighted by Gasteiger charge is 2.30. The predicted octanol–water partition coefficient (Wildman–Crippen LogP) is 3.13. The number of ether oxygens (including phenoxy) is 1. The molecule has 1 atom stereocenters. The molecular weight excluding hydrogens is 257 g/mol. The molecule has 3 N–H and O–H groups in total. The molecule has 1 aliphatic heterocycles. The number of rotatable bonds is 3. The normalized spacial score (nSPS) is 20.3. The van der Waals surface area contributed by atoms with E-state index in [9.17, 15) is 13.2 Å². The molecule has 1 saturated heterocycles. The van der Waals surface area contributed by atoms with Gasteiger partial charge in [0.15, 0.2) is 0 Å². The lowest BCUT2D eigenvalue weighted by Crippen LogP contribution is -2.24. The second kappa shape index (κ2) is 5.69. The summed E-state index contributed by atoms with van der Waals surface area (Å²) in [6.07, 6.45) is -2.27. The van der Waals surface area contributed by atoms with E-state index in [0.717, 1.165) is 31.6 Å². The average Bonchev–Trinajstić information content (AvgIpc) is 2.37. The quantitative estimate of drug-likeness (QED) is 0.832. The molecule has 1 fully saturated rings. The Hall–Kier alpha value is -1.43. The standard InChI is InChI=1S/C13H17F3N2O/c14-13(15,16)10-3-4-12(11(17)6-10)18-7-9-2-1-5-19-8-9/h3-4,6,9,18H,1-2,5,7-8,17H2. The van der Waals surface area contributed by atoms with Crippen LogP contribution in [0.3, 0.4) is 0 Å². The van der Waals surface area contributed by atoms with E-state index in [2.05, 4.69) is 5.32 Å². The molecule has 0 aliphatic carbocycles. The van der Waals surface area contributed by atoms with Gasteiger partial charge in [0.25, 0.3) is 0 Å². The van der Waals surface area contributed by atoms with Crippen molar-refractivity contribution in [3.63, 3.8) is 0 Å². The van der Waals surface area contributed by atoms with Gasteiger partial charge in [-0.3, -0.25) is 0 Å². The Labute approximate surface area is 109 Å². The van der Waals surface area contributed by atoms with Gasteiger partial charge in [-0.2, -0.15) is 13.2 Å². The number of anilines is 2. The molecule has 0 saturated carbocycles. The molecule has 1 unspecified atom stereocenters. The minimum Gasteiger partial charge on any atom is -0.397 e. The number of hydrogen-bond acceptors (Lipinski definition) is 3. The summed E-state index contributed by atoms with van der Waals surface area (Å²) in [5.41, 5.74) is 5.57. The van der Waals surface area contributed by atoms with Gasteiger partial charge < -0.3 is 15.8 Å². The Kier molecular flexibility index (Phi) is 4.19. The van der Waals surface area contributed by atoms with Gasteiger partial charge in [0.2, 0.25) is 0 Å². The maximum atomic E-state index is 12.5. The molecule has 6 heteroatoms. The van der Waals surface area contributed by atoms with Crippen molar-refractivity contribution < 1.29 is 17.9 Å². The molecule has 1 aromatic rings. The fourth-order valence-electron chi connectivity index (χ4n) is 2.12. The van der Waals surface area contributed by atoms with Crippen LogP contribution in [0.2, 0.25) is 0 Å². The van der Waals surface area contributed by atoms with Crippen molar-refractivity contribution in [3.05, 3.63) is 23.8 Å². The smallest absolute Gasteiger partial charge is 0.397 e. The van der Waals surface area contributed by atoms with E-state index in [-0.39, 0.29) is 5.69 Å². The van der Waals surface area contributed by atoms with Gasteiger partial charge in [-0.25, -0.2) is 0 Å². The van der Waals surface area contributed by atoms with Crippen molar-refractivity contribution in [1.82, 2.24) is 0 Å². The molecule has 0 aromatic heterocycles. The Bertz CT molecular complexity index is 428. The lowest BCUT2D eigenvalue weighted by atomic mass is 10.0. The van der Waals surface area contributed by atoms with E-state index in [1.165, 1.54) is 6.07 Å². The minimum atomic E-state index is -4.36. The first kappa shape index (κ1) is 14.0. The summed E-state index contributed by atoms with van der Waals surface area (Å²) in [4.78, 5) is 0. The molecule has 1 aromatic carbocycles. The number of benzene rings is 1. The van der Waals surface area contributed by atoms with E-state index >= 15 is 0 Å². The third kappa shape index (κ3) is 3.76. The zero-order valence-electron chi connectivity index (χ0n) is 10.5. The molecule has 2 rings (SSSR count). The van der Waals surface area contributed by atoms with Crippen LogP contribution in [0.5, 0.6) is 0 Å². The van der Waals surface area contributed by atoms with Gasteiger partial charge in [-0.05, 0) is 37.0 Å². The maximum Gasteiger partial charge on any atom is 0.416 e. The first-order valence-corrected chi connectivity index (χ1v) is 6.25.